The Morgan fingerprint density at radius 2 is 2.17 bits per heavy atom. The van der Waals surface area contributed by atoms with Crippen molar-refractivity contribution in [3.05, 3.63) is 58.6 Å². The third-order valence-electron chi connectivity index (χ3n) is 4.10. The van der Waals surface area contributed by atoms with Crippen LogP contribution >= 0.6 is 11.6 Å². The van der Waals surface area contributed by atoms with E-state index < -0.39 is 6.10 Å². The molecule has 0 radical (unpaired) electrons. The predicted molar refractivity (Wildman–Crippen MR) is 93.9 cm³/mol. The molecule has 3 rings (SSSR count). The third-order valence-corrected chi connectivity index (χ3v) is 4.33. The van der Waals surface area contributed by atoms with Crippen molar-refractivity contribution in [3.63, 3.8) is 0 Å². The molecular weight excluding hydrogens is 326 g/mol. The van der Waals surface area contributed by atoms with Crippen molar-refractivity contribution in [2.45, 2.75) is 31.9 Å². The van der Waals surface area contributed by atoms with E-state index in [2.05, 4.69) is 5.32 Å². The number of hydrogen-bond donors (Lipinski definition) is 1. The molecule has 0 fully saturated rings. The van der Waals surface area contributed by atoms with E-state index in [0.29, 0.717) is 17.9 Å². The quantitative estimate of drug-likeness (QED) is 0.903. The van der Waals surface area contributed by atoms with Gasteiger partial charge in [-0.15, -0.1) is 0 Å². The van der Waals surface area contributed by atoms with Gasteiger partial charge >= 0.3 is 0 Å². The van der Waals surface area contributed by atoms with Gasteiger partial charge in [-0.3, -0.25) is 4.79 Å². The Morgan fingerprint density at radius 3 is 2.96 bits per heavy atom. The van der Waals surface area contributed by atoms with Crippen LogP contribution in [-0.4, -0.2) is 25.2 Å². The first kappa shape index (κ1) is 16.7. The third kappa shape index (κ3) is 3.65. The van der Waals surface area contributed by atoms with Crippen molar-refractivity contribution in [1.29, 1.82) is 0 Å². The fourth-order valence-electron chi connectivity index (χ4n) is 2.95. The standard InChI is InChI=1S/C19H20ClNO3/c1-12(9-13-5-3-4-6-16(13)23-2)21-19(22)18-11-14-10-15(20)7-8-17(14)24-18/h3-8,10,12,18H,9,11H2,1-2H3,(H,21,22). The minimum atomic E-state index is -0.501. The maximum Gasteiger partial charge on any atom is 0.261 e. The first-order valence-corrected chi connectivity index (χ1v) is 8.32. The summed E-state index contributed by atoms with van der Waals surface area (Å²) in [5.41, 5.74) is 2.04. The first-order chi connectivity index (χ1) is 11.6. The van der Waals surface area contributed by atoms with Crippen LogP contribution in [0.15, 0.2) is 42.5 Å². The number of rotatable bonds is 5. The highest BCUT2D eigenvalue weighted by Crippen LogP contribution is 2.31. The average Bonchev–Trinajstić information content (AvgIpc) is 2.98. The van der Waals surface area contributed by atoms with E-state index in [1.807, 2.05) is 43.3 Å². The van der Waals surface area contributed by atoms with Gasteiger partial charge in [0.2, 0.25) is 0 Å². The monoisotopic (exact) mass is 345 g/mol. The summed E-state index contributed by atoms with van der Waals surface area (Å²) in [5, 5.41) is 3.67. The summed E-state index contributed by atoms with van der Waals surface area (Å²) in [6.45, 7) is 1.98. The summed E-state index contributed by atoms with van der Waals surface area (Å²) < 4.78 is 11.1. The number of para-hydroxylation sites is 1. The number of methoxy groups -OCH3 is 1. The van der Waals surface area contributed by atoms with Crippen molar-refractivity contribution in [3.8, 4) is 11.5 Å². The van der Waals surface area contributed by atoms with Crippen LogP contribution in [0.1, 0.15) is 18.1 Å². The lowest BCUT2D eigenvalue weighted by Crippen LogP contribution is -2.42. The van der Waals surface area contributed by atoms with E-state index in [0.717, 1.165) is 22.6 Å². The molecule has 24 heavy (non-hydrogen) atoms. The van der Waals surface area contributed by atoms with Crippen LogP contribution in [0.4, 0.5) is 0 Å². The Balaban J connectivity index is 1.59. The summed E-state index contributed by atoms with van der Waals surface area (Å²) in [5.74, 6) is 1.46. The summed E-state index contributed by atoms with van der Waals surface area (Å²) in [6, 6.07) is 13.2. The molecular formula is C19H20ClNO3. The van der Waals surface area contributed by atoms with Gasteiger partial charge in [0.05, 0.1) is 7.11 Å². The van der Waals surface area contributed by atoms with Crippen molar-refractivity contribution < 1.29 is 14.3 Å². The number of carbonyl (C=O) groups is 1. The molecule has 1 amide bonds. The molecule has 1 N–H and O–H groups in total. The Morgan fingerprint density at radius 1 is 1.38 bits per heavy atom. The van der Waals surface area contributed by atoms with Gasteiger partial charge in [0, 0.05) is 17.5 Å². The molecule has 2 aromatic carbocycles. The number of fused-ring (bicyclic) bond motifs is 1. The van der Waals surface area contributed by atoms with Crippen LogP contribution in [0.3, 0.4) is 0 Å². The van der Waals surface area contributed by atoms with Crippen molar-refractivity contribution >= 4 is 17.5 Å². The van der Waals surface area contributed by atoms with Gasteiger partial charge in [-0.05, 0) is 48.7 Å². The van der Waals surface area contributed by atoms with Gasteiger partial charge in [0.1, 0.15) is 11.5 Å². The number of benzene rings is 2. The van der Waals surface area contributed by atoms with Crippen LogP contribution in [0.5, 0.6) is 11.5 Å². The smallest absolute Gasteiger partial charge is 0.261 e. The molecule has 0 spiro atoms. The van der Waals surface area contributed by atoms with Gasteiger partial charge < -0.3 is 14.8 Å². The van der Waals surface area contributed by atoms with E-state index in [4.69, 9.17) is 21.1 Å². The lowest BCUT2D eigenvalue weighted by Gasteiger charge is -2.18. The second kappa shape index (κ2) is 7.14. The highest BCUT2D eigenvalue weighted by molar-refractivity contribution is 6.30. The topological polar surface area (TPSA) is 47.6 Å². The van der Waals surface area contributed by atoms with Gasteiger partial charge in [-0.25, -0.2) is 0 Å². The van der Waals surface area contributed by atoms with E-state index in [1.54, 1.807) is 13.2 Å². The van der Waals surface area contributed by atoms with Crippen LogP contribution in [0, 0.1) is 0 Å². The maximum absolute atomic E-state index is 12.5. The van der Waals surface area contributed by atoms with Crippen molar-refractivity contribution in [2.75, 3.05) is 7.11 Å². The molecule has 0 aliphatic carbocycles. The minimum absolute atomic E-state index is 0.0234. The van der Waals surface area contributed by atoms with E-state index in [1.165, 1.54) is 0 Å². The SMILES string of the molecule is COc1ccccc1CC(C)NC(=O)C1Cc2cc(Cl)ccc2O1. The molecule has 0 aromatic heterocycles. The summed E-state index contributed by atoms with van der Waals surface area (Å²) >= 11 is 5.99. The molecule has 0 bridgehead atoms. The molecule has 5 heteroatoms. The van der Waals surface area contributed by atoms with Crippen LogP contribution in [0.25, 0.3) is 0 Å². The number of hydrogen-bond acceptors (Lipinski definition) is 3. The van der Waals surface area contributed by atoms with E-state index in [9.17, 15) is 4.79 Å². The number of carbonyl (C=O) groups excluding carboxylic acids is 1. The number of halogens is 1. The molecule has 2 atom stereocenters. The fourth-order valence-corrected chi connectivity index (χ4v) is 3.15. The summed E-state index contributed by atoms with van der Waals surface area (Å²) in [7, 11) is 1.65. The highest BCUT2D eigenvalue weighted by Gasteiger charge is 2.29. The van der Waals surface area contributed by atoms with Crippen LogP contribution in [0.2, 0.25) is 5.02 Å². The minimum Gasteiger partial charge on any atom is -0.496 e. The second-order valence-corrected chi connectivity index (χ2v) is 6.42. The Bertz CT molecular complexity index is 747. The van der Waals surface area contributed by atoms with Gasteiger partial charge in [-0.1, -0.05) is 29.8 Å². The summed E-state index contributed by atoms with van der Waals surface area (Å²) in [4.78, 5) is 12.5. The molecule has 2 aromatic rings. The Hall–Kier alpha value is -2.20. The molecule has 1 aliphatic heterocycles. The van der Waals surface area contributed by atoms with Gasteiger partial charge in [-0.2, -0.15) is 0 Å². The Kier molecular flexibility index (Phi) is 4.95. The number of ether oxygens (including phenoxy) is 2. The Labute approximate surface area is 146 Å². The second-order valence-electron chi connectivity index (χ2n) is 5.99. The lowest BCUT2D eigenvalue weighted by atomic mass is 10.1. The zero-order valence-electron chi connectivity index (χ0n) is 13.7. The van der Waals surface area contributed by atoms with Gasteiger partial charge in [0.25, 0.3) is 5.91 Å². The molecule has 0 saturated heterocycles. The van der Waals surface area contributed by atoms with Crippen molar-refractivity contribution in [2.24, 2.45) is 0 Å². The number of nitrogens with one attached hydrogen (secondary N) is 1. The molecule has 1 aliphatic rings. The zero-order valence-corrected chi connectivity index (χ0v) is 14.5. The fraction of sp³-hybridized carbons (Fsp3) is 0.316. The molecule has 2 unspecified atom stereocenters. The largest absolute Gasteiger partial charge is 0.496 e. The zero-order chi connectivity index (χ0) is 17.1. The normalized spacial score (nSPS) is 16.9. The van der Waals surface area contributed by atoms with Crippen molar-refractivity contribution in [1.82, 2.24) is 5.32 Å². The molecule has 1 heterocycles. The predicted octanol–water partition coefficient (Wildman–Crippen LogP) is 3.40. The van der Waals surface area contributed by atoms with E-state index in [-0.39, 0.29) is 11.9 Å². The number of amides is 1. The van der Waals surface area contributed by atoms with Crippen LogP contribution in [-0.2, 0) is 17.6 Å². The average molecular weight is 346 g/mol. The summed E-state index contributed by atoms with van der Waals surface area (Å²) in [6.07, 6.45) is 0.739. The van der Waals surface area contributed by atoms with E-state index >= 15 is 0 Å². The van der Waals surface area contributed by atoms with Crippen LogP contribution < -0.4 is 14.8 Å². The molecule has 0 saturated carbocycles. The highest BCUT2D eigenvalue weighted by atomic mass is 35.5. The molecule has 4 nitrogen and oxygen atoms in total. The van der Waals surface area contributed by atoms with Gasteiger partial charge in [0.15, 0.2) is 6.10 Å². The maximum atomic E-state index is 12.5. The lowest BCUT2D eigenvalue weighted by molar-refractivity contribution is -0.127. The molecule has 126 valence electrons. The first-order valence-electron chi connectivity index (χ1n) is 7.94.